The fourth-order valence-corrected chi connectivity index (χ4v) is 4.07. The van der Waals surface area contributed by atoms with Crippen LogP contribution in [0.5, 0.6) is 5.75 Å². The third kappa shape index (κ3) is 3.50. The van der Waals surface area contributed by atoms with E-state index in [1.807, 2.05) is 31.2 Å². The first-order valence-corrected chi connectivity index (χ1v) is 10.4. The molecule has 0 aliphatic heterocycles. The van der Waals surface area contributed by atoms with E-state index in [4.69, 9.17) is 4.74 Å². The molecule has 1 aromatic carbocycles. The molecule has 0 bridgehead atoms. The monoisotopic (exact) mass is 427 g/mol. The molecule has 3 aromatic heterocycles. The van der Waals surface area contributed by atoms with E-state index in [2.05, 4.69) is 10.4 Å². The van der Waals surface area contributed by atoms with Gasteiger partial charge < -0.3 is 10.1 Å². The van der Waals surface area contributed by atoms with Crippen molar-refractivity contribution in [1.29, 1.82) is 0 Å². The Kier molecular flexibility index (Phi) is 5.40. The molecule has 0 spiro atoms. The van der Waals surface area contributed by atoms with E-state index in [9.17, 15) is 14.4 Å². The van der Waals surface area contributed by atoms with Gasteiger partial charge in [-0.25, -0.2) is 13.9 Å². The summed E-state index contributed by atoms with van der Waals surface area (Å²) in [6, 6.07) is 9.05. The van der Waals surface area contributed by atoms with Gasteiger partial charge >= 0.3 is 5.69 Å². The maximum absolute atomic E-state index is 13.1. The first-order valence-electron chi connectivity index (χ1n) is 9.52. The van der Waals surface area contributed by atoms with Crippen molar-refractivity contribution in [1.82, 2.24) is 24.1 Å². The molecule has 0 radical (unpaired) electrons. The zero-order valence-electron chi connectivity index (χ0n) is 16.6. The van der Waals surface area contributed by atoms with Gasteiger partial charge in [-0.15, -0.1) is 16.4 Å². The van der Waals surface area contributed by atoms with Crippen LogP contribution in [0.4, 0.5) is 0 Å². The largest absolute Gasteiger partial charge is 0.497 e. The van der Waals surface area contributed by atoms with Crippen molar-refractivity contribution in [2.45, 2.75) is 26.4 Å². The van der Waals surface area contributed by atoms with Gasteiger partial charge in [0.2, 0.25) is 11.7 Å². The van der Waals surface area contributed by atoms with Gasteiger partial charge in [0.25, 0.3) is 5.56 Å². The Bertz CT molecular complexity index is 1330. The Labute approximate surface area is 175 Å². The van der Waals surface area contributed by atoms with Crippen LogP contribution in [-0.2, 0) is 17.9 Å². The lowest BCUT2D eigenvalue weighted by Crippen LogP contribution is -2.33. The summed E-state index contributed by atoms with van der Waals surface area (Å²) in [6.45, 7) is 2.50. The van der Waals surface area contributed by atoms with Crippen molar-refractivity contribution in [2.75, 3.05) is 13.7 Å². The molecule has 0 aliphatic carbocycles. The number of aromatic nitrogens is 4. The Morgan fingerprint density at radius 3 is 2.67 bits per heavy atom. The van der Waals surface area contributed by atoms with E-state index in [1.165, 1.54) is 20.3 Å². The van der Waals surface area contributed by atoms with Crippen molar-refractivity contribution in [2.24, 2.45) is 0 Å². The molecule has 0 atom stereocenters. The van der Waals surface area contributed by atoms with Crippen LogP contribution >= 0.6 is 11.3 Å². The van der Waals surface area contributed by atoms with Gasteiger partial charge in [0, 0.05) is 6.54 Å². The van der Waals surface area contributed by atoms with Crippen LogP contribution in [0.25, 0.3) is 16.0 Å². The number of hydrogen-bond donors (Lipinski definition) is 1. The lowest BCUT2D eigenvalue weighted by Gasteiger charge is -2.08. The highest BCUT2D eigenvalue weighted by Crippen LogP contribution is 2.18. The van der Waals surface area contributed by atoms with Gasteiger partial charge in [-0.2, -0.15) is 0 Å². The van der Waals surface area contributed by atoms with E-state index in [0.29, 0.717) is 22.5 Å². The fourth-order valence-electron chi connectivity index (χ4n) is 3.25. The zero-order valence-corrected chi connectivity index (χ0v) is 17.4. The summed E-state index contributed by atoms with van der Waals surface area (Å²) >= 11 is 1.27. The number of ether oxygens (including phenoxy) is 1. The van der Waals surface area contributed by atoms with Crippen LogP contribution in [0, 0.1) is 0 Å². The molecule has 1 amide bonds. The van der Waals surface area contributed by atoms with E-state index in [0.717, 1.165) is 16.7 Å². The minimum absolute atomic E-state index is 0.204. The van der Waals surface area contributed by atoms with Crippen LogP contribution < -0.4 is 21.3 Å². The first kappa shape index (κ1) is 19.9. The van der Waals surface area contributed by atoms with Crippen molar-refractivity contribution in [3.8, 4) is 5.75 Å². The predicted molar refractivity (Wildman–Crippen MR) is 114 cm³/mol. The van der Waals surface area contributed by atoms with Crippen molar-refractivity contribution < 1.29 is 9.53 Å². The molecule has 1 N–H and O–H groups in total. The molecule has 0 aliphatic rings. The number of carbonyl (C=O) groups is 1. The molecular weight excluding hydrogens is 406 g/mol. The van der Waals surface area contributed by atoms with Gasteiger partial charge in [-0.1, -0.05) is 19.1 Å². The van der Waals surface area contributed by atoms with E-state index in [1.54, 1.807) is 18.6 Å². The van der Waals surface area contributed by atoms with Crippen LogP contribution in [0.2, 0.25) is 0 Å². The molecule has 30 heavy (non-hydrogen) atoms. The highest BCUT2D eigenvalue weighted by atomic mass is 32.1. The van der Waals surface area contributed by atoms with Crippen LogP contribution in [0.1, 0.15) is 18.9 Å². The zero-order chi connectivity index (χ0) is 21.3. The summed E-state index contributed by atoms with van der Waals surface area (Å²) in [5, 5.41) is 8.83. The van der Waals surface area contributed by atoms with Crippen molar-refractivity contribution in [3.05, 3.63) is 62.1 Å². The smallest absolute Gasteiger partial charge is 0.352 e. The van der Waals surface area contributed by atoms with Gasteiger partial charge in [0.1, 0.15) is 17.0 Å². The van der Waals surface area contributed by atoms with Crippen LogP contribution in [0.15, 0.2) is 45.3 Å². The normalized spacial score (nSPS) is 11.3. The number of nitrogens with one attached hydrogen (secondary N) is 1. The average molecular weight is 427 g/mol. The molecule has 4 rings (SSSR count). The number of amides is 1. The molecule has 4 aromatic rings. The predicted octanol–water partition coefficient (Wildman–Crippen LogP) is 1.46. The second kappa shape index (κ2) is 8.15. The number of methoxy groups -OCH3 is 1. The minimum atomic E-state index is -0.455. The molecule has 9 nitrogen and oxygen atoms in total. The highest BCUT2D eigenvalue weighted by molar-refractivity contribution is 7.17. The maximum Gasteiger partial charge on any atom is 0.352 e. The number of benzene rings is 1. The molecule has 3 heterocycles. The average Bonchev–Trinajstić information content (AvgIpc) is 3.35. The molecule has 0 unspecified atom stereocenters. The van der Waals surface area contributed by atoms with Crippen molar-refractivity contribution >= 4 is 33.2 Å². The first-order chi connectivity index (χ1) is 14.5. The SMILES string of the molecule is CCCNC(=O)Cn1nc2n(Cc3ccc(OC)cc3)c(=O)c3sccc3n2c1=O. The number of hydrogen-bond acceptors (Lipinski definition) is 6. The standard InChI is InChI=1S/C20H21N5O4S/c1-3-9-21-16(26)12-24-20(28)25-15-8-10-30-17(15)18(27)23(19(25)22-24)11-13-4-6-14(29-2)7-5-13/h4-8,10H,3,9,11-12H2,1-2H3,(H,21,26). The van der Waals surface area contributed by atoms with Gasteiger partial charge in [0.15, 0.2) is 0 Å². The summed E-state index contributed by atoms with van der Waals surface area (Å²) in [6.07, 6.45) is 0.794. The number of carbonyl (C=O) groups excluding carboxylic acids is 1. The molecule has 0 fully saturated rings. The minimum Gasteiger partial charge on any atom is -0.497 e. The number of rotatable bonds is 7. The summed E-state index contributed by atoms with van der Waals surface area (Å²) in [5.41, 5.74) is 0.675. The lowest BCUT2D eigenvalue weighted by atomic mass is 10.2. The molecular formula is C20H21N5O4S. The Morgan fingerprint density at radius 2 is 1.97 bits per heavy atom. The van der Waals surface area contributed by atoms with E-state index >= 15 is 0 Å². The van der Waals surface area contributed by atoms with Gasteiger partial charge in [0.05, 0.1) is 19.2 Å². The number of fused-ring (bicyclic) bond motifs is 3. The lowest BCUT2D eigenvalue weighted by molar-refractivity contribution is -0.121. The Balaban J connectivity index is 1.84. The Morgan fingerprint density at radius 1 is 1.20 bits per heavy atom. The number of nitrogens with zero attached hydrogens (tertiary/aromatic N) is 4. The second-order valence-corrected chi connectivity index (χ2v) is 7.72. The third-order valence-corrected chi connectivity index (χ3v) is 5.65. The third-order valence-electron chi connectivity index (χ3n) is 4.75. The summed E-state index contributed by atoms with van der Waals surface area (Å²) < 4.78 is 9.60. The van der Waals surface area contributed by atoms with Crippen molar-refractivity contribution in [3.63, 3.8) is 0 Å². The molecule has 0 saturated heterocycles. The topological polar surface area (TPSA) is 99.6 Å². The molecule has 0 saturated carbocycles. The second-order valence-electron chi connectivity index (χ2n) is 6.80. The van der Waals surface area contributed by atoms with E-state index in [-0.39, 0.29) is 30.3 Å². The van der Waals surface area contributed by atoms with Crippen LogP contribution in [-0.4, -0.2) is 38.3 Å². The highest BCUT2D eigenvalue weighted by Gasteiger charge is 2.19. The van der Waals surface area contributed by atoms with Gasteiger partial charge in [-0.05, 0) is 35.6 Å². The molecule has 156 valence electrons. The van der Waals surface area contributed by atoms with Gasteiger partial charge in [-0.3, -0.25) is 14.2 Å². The van der Waals surface area contributed by atoms with E-state index < -0.39 is 5.69 Å². The summed E-state index contributed by atoms with van der Waals surface area (Å²) in [4.78, 5) is 38.2. The fraction of sp³-hybridized carbons (Fsp3) is 0.300. The Hall–Kier alpha value is -3.40. The number of thiophene rings is 1. The molecule has 10 heteroatoms. The quantitative estimate of drug-likeness (QED) is 0.481. The van der Waals surface area contributed by atoms with Crippen LogP contribution in [0.3, 0.4) is 0 Å². The summed E-state index contributed by atoms with van der Waals surface area (Å²) in [7, 11) is 1.59. The summed E-state index contributed by atoms with van der Waals surface area (Å²) in [5.74, 6) is 0.617. The maximum atomic E-state index is 13.1.